The van der Waals surface area contributed by atoms with Gasteiger partial charge in [0.25, 0.3) is 5.91 Å². The summed E-state index contributed by atoms with van der Waals surface area (Å²) >= 11 is 5.87. The molecule has 2 rings (SSSR count). The van der Waals surface area contributed by atoms with E-state index in [9.17, 15) is 31.5 Å². The van der Waals surface area contributed by atoms with Crippen LogP contribution in [0.15, 0.2) is 52.5 Å². The lowest BCUT2D eigenvalue weighted by atomic mass is 10.1. The van der Waals surface area contributed by atoms with Crippen LogP contribution in [0.3, 0.4) is 0 Å². The third-order valence-corrected chi connectivity index (χ3v) is 5.49. The lowest BCUT2D eigenvalue weighted by Crippen LogP contribution is -2.52. The highest BCUT2D eigenvalue weighted by Crippen LogP contribution is 2.33. The van der Waals surface area contributed by atoms with Gasteiger partial charge in [-0.1, -0.05) is 11.6 Å². The number of nitrogens with one attached hydrogen (secondary N) is 1. The van der Waals surface area contributed by atoms with E-state index in [4.69, 9.17) is 11.6 Å². The van der Waals surface area contributed by atoms with E-state index in [2.05, 4.69) is 4.98 Å². The van der Waals surface area contributed by atoms with Crippen LogP contribution < -0.4 is 5.32 Å². The fourth-order valence-electron chi connectivity index (χ4n) is 1.78. The molecule has 1 aromatic heterocycles. The molecule has 0 aliphatic heterocycles. The molecule has 0 saturated carbocycles. The molecule has 1 atom stereocenters. The van der Waals surface area contributed by atoms with Gasteiger partial charge in [0.1, 0.15) is 0 Å². The van der Waals surface area contributed by atoms with Gasteiger partial charge in [-0.2, -0.15) is 13.2 Å². The van der Waals surface area contributed by atoms with Crippen LogP contribution in [-0.2, 0) is 14.6 Å². The Bertz CT molecular complexity index is 932. The topological polar surface area (TPSA) is 96.4 Å². The molecular formula is C15H12ClF3N2O4S. The molecule has 1 amide bonds. The zero-order valence-electron chi connectivity index (χ0n) is 13.1. The molecule has 11 heteroatoms. The molecule has 26 heavy (non-hydrogen) atoms. The van der Waals surface area contributed by atoms with Crippen molar-refractivity contribution >= 4 is 33.0 Å². The van der Waals surface area contributed by atoms with Gasteiger partial charge in [0, 0.05) is 12.4 Å². The maximum absolute atomic E-state index is 12.7. The first kappa shape index (κ1) is 20.1. The second kappa shape index (κ2) is 6.86. The summed E-state index contributed by atoms with van der Waals surface area (Å²) in [6.07, 6.45) is -2.69. The van der Waals surface area contributed by atoms with E-state index in [1.54, 1.807) is 0 Å². The number of benzene rings is 1. The SMILES string of the molecule is CC(O)(C(=O)Nc1ccc(S(=O)(=O)c2cccnc2)cc1Cl)C(F)(F)F. The molecule has 140 valence electrons. The van der Waals surface area contributed by atoms with Gasteiger partial charge in [-0.25, -0.2) is 8.42 Å². The molecule has 0 aliphatic rings. The third-order valence-electron chi connectivity index (χ3n) is 3.44. The maximum atomic E-state index is 12.7. The molecule has 0 spiro atoms. The van der Waals surface area contributed by atoms with Gasteiger partial charge in [-0.15, -0.1) is 0 Å². The average molecular weight is 409 g/mol. The predicted molar refractivity (Wildman–Crippen MR) is 86.4 cm³/mol. The van der Waals surface area contributed by atoms with Crippen LogP contribution in [0, 0.1) is 0 Å². The number of hydrogen-bond acceptors (Lipinski definition) is 5. The lowest BCUT2D eigenvalue weighted by molar-refractivity contribution is -0.242. The Kier molecular flexibility index (Phi) is 5.31. The van der Waals surface area contributed by atoms with E-state index >= 15 is 0 Å². The number of rotatable bonds is 4. The summed E-state index contributed by atoms with van der Waals surface area (Å²) in [5, 5.41) is 10.8. The first-order chi connectivity index (χ1) is 11.9. The summed E-state index contributed by atoms with van der Waals surface area (Å²) in [5.74, 6) is -1.75. The quantitative estimate of drug-likeness (QED) is 0.811. The van der Waals surface area contributed by atoms with Crippen molar-refractivity contribution < 1.29 is 31.5 Å². The van der Waals surface area contributed by atoms with Gasteiger partial charge in [0.15, 0.2) is 0 Å². The Labute approximate surface area is 151 Å². The summed E-state index contributed by atoms with van der Waals surface area (Å²) in [6.45, 7) is 0.289. The molecule has 0 saturated heterocycles. The van der Waals surface area contributed by atoms with Crippen LogP contribution in [0.2, 0.25) is 5.02 Å². The zero-order valence-corrected chi connectivity index (χ0v) is 14.7. The van der Waals surface area contributed by atoms with Crippen LogP contribution in [0.25, 0.3) is 0 Å². The number of hydrogen-bond donors (Lipinski definition) is 2. The van der Waals surface area contributed by atoms with Crippen LogP contribution in [0.1, 0.15) is 6.92 Å². The standard InChI is InChI=1S/C15H12ClF3N2O4S/c1-14(23,15(17,18)19)13(22)21-12-5-4-9(7-11(12)16)26(24,25)10-3-2-6-20-8-10/h2-8,23H,1H3,(H,21,22). The fourth-order valence-corrected chi connectivity index (χ4v) is 3.32. The van der Waals surface area contributed by atoms with Crippen molar-refractivity contribution in [1.82, 2.24) is 4.98 Å². The van der Waals surface area contributed by atoms with Crippen molar-refractivity contribution in [2.45, 2.75) is 28.5 Å². The summed E-state index contributed by atoms with van der Waals surface area (Å²) in [4.78, 5) is 15.0. The van der Waals surface area contributed by atoms with Gasteiger partial charge in [-0.3, -0.25) is 9.78 Å². The number of sulfone groups is 1. The van der Waals surface area contributed by atoms with Crippen molar-refractivity contribution in [2.24, 2.45) is 0 Å². The minimum atomic E-state index is -5.20. The molecule has 1 unspecified atom stereocenters. The lowest BCUT2D eigenvalue weighted by Gasteiger charge is -2.25. The molecule has 2 N–H and O–H groups in total. The number of carbonyl (C=O) groups is 1. The molecule has 1 heterocycles. The highest BCUT2D eigenvalue weighted by atomic mass is 35.5. The summed E-state index contributed by atoms with van der Waals surface area (Å²) < 4.78 is 62.9. The van der Waals surface area contributed by atoms with Gasteiger partial charge in [0.2, 0.25) is 15.4 Å². The number of aromatic nitrogens is 1. The van der Waals surface area contributed by atoms with Crippen LogP contribution in [-0.4, -0.2) is 36.2 Å². The van der Waals surface area contributed by atoms with Gasteiger partial charge in [-0.05, 0) is 37.3 Å². The van der Waals surface area contributed by atoms with E-state index < -0.39 is 27.5 Å². The molecule has 0 bridgehead atoms. The fraction of sp³-hybridized carbons (Fsp3) is 0.200. The molecule has 0 fully saturated rings. The maximum Gasteiger partial charge on any atom is 0.426 e. The molecule has 0 radical (unpaired) electrons. The van der Waals surface area contributed by atoms with Crippen LogP contribution in [0.5, 0.6) is 0 Å². The van der Waals surface area contributed by atoms with E-state index in [-0.39, 0.29) is 27.4 Å². The number of anilines is 1. The number of alkyl halides is 3. The molecule has 2 aromatic rings. The van der Waals surface area contributed by atoms with E-state index in [0.717, 1.165) is 24.4 Å². The Morgan fingerprint density at radius 2 is 1.88 bits per heavy atom. The monoisotopic (exact) mass is 408 g/mol. The molecule has 0 aliphatic carbocycles. The summed E-state index contributed by atoms with van der Waals surface area (Å²) in [7, 11) is -3.95. The predicted octanol–water partition coefficient (Wildman–Crippen LogP) is 2.82. The van der Waals surface area contributed by atoms with Crippen molar-refractivity contribution in [2.75, 3.05) is 5.32 Å². The number of pyridine rings is 1. The van der Waals surface area contributed by atoms with Gasteiger partial charge in [0.05, 0.1) is 20.5 Å². The number of aliphatic hydroxyl groups is 1. The number of amides is 1. The molecule has 1 aromatic carbocycles. The molecule has 6 nitrogen and oxygen atoms in total. The summed E-state index contributed by atoms with van der Waals surface area (Å²) in [5.41, 5.74) is -3.93. The minimum absolute atomic E-state index is 0.104. The number of halogens is 4. The van der Waals surface area contributed by atoms with Crippen molar-refractivity contribution in [1.29, 1.82) is 0 Å². The average Bonchev–Trinajstić information content (AvgIpc) is 2.56. The van der Waals surface area contributed by atoms with Gasteiger partial charge >= 0.3 is 6.18 Å². The van der Waals surface area contributed by atoms with Crippen molar-refractivity contribution in [3.05, 3.63) is 47.7 Å². The largest absolute Gasteiger partial charge is 0.426 e. The number of carbonyl (C=O) groups excluding carboxylic acids is 1. The van der Waals surface area contributed by atoms with Crippen LogP contribution >= 0.6 is 11.6 Å². The second-order valence-corrected chi connectivity index (χ2v) is 7.71. The van der Waals surface area contributed by atoms with E-state index in [1.807, 2.05) is 5.32 Å². The van der Waals surface area contributed by atoms with Crippen molar-refractivity contribution in [3.8, 4) is 0 Å². The Morgan fingerprint density at radius 3 is 2.38 bits per heavy atom. The highest BCUT2D eigenvalue weighted by Gasteiger charge is 2.55. The first-order valence-electron chi connectivity index (χ1n) is 6.92. The molecular weight excluding hydrogens is 397 g/mol. The Morgan fingerprint density at radius 1 is 1.23 bits per heavy atom. The van der Waals surface area contributed by atoms with Crippen molar-refractivity contribution in [3.63, 3.8) is 0 Å². The van der Waals surface area contributed by atoms with Gasteiger partial charge < -0.3 is 10.4 Å². The van der Waals surface area contributed by atoms with Crippen LogP contribution in [0.4, 0.5) is 18.9 Å². The smallest absolute Gasteiger partial charge is 0.373 e. The normalized spacial score (nSPS) is 14.5. The van der Waals surface area contributed by atoms with E-state index in [1.165, 1.54) is 18.3 Å². The number of nitrogens with zero attached hydrogens (tertiary/aromatic N) is 1. The highest BCUT2D eigenvalue weighted by molar-refractivity contribution is 7.91. The Balaban J connectivity index is 2.33. The summed E-state index contributed by atoms with van der Waals surface area (Å²) in [6, 6.07) is 5.79. The minimum Gasteiger partial charge on any atom is -0.373 e. The van der Waals surface area contributed by atoms with E-state index in [0.29, 0.717) is 0 Å². The Hall–Kier alpha value is -2.17. The zero-order chi connectivity index (χ0) is 19.8. The third kappa shape index (κ3) is 3.81. The first-order valence-corrected chi connectivity index (χ1v) is 8.78. The second-order valence-electron chi connectivity index (χ2n) is 5.36.